The molecule has 0 saturated heterocycles. The topological polar surface area (TPSA) is 97.1 Å². The molecule has 7 nitrogen and oxygen atoms in total. The van der Waals surface area contributed by atoms with Crippen LogP contribution in [0, 0.1) is 5.82 Å². The third-order valence-electron chi connectivity index (χ3n) is 3.16. The van der Waals surface area contributed by atoms with Gasteiger partial charge in [0.25, 0.3) is 5.91 Å². The van der Waals surface area contributed by atoms with Gasteiger partial charge >= 0.3 is 11.8 Å². The first-order valence-electron chi connectivity index (χ1n) is 7.33. The monoisotopic (exact) mass is 360 g/mol. The molecular formula is C16H13FN4O3S. The van der Waals surface area contributed by atoms with Crippen molar-refractivity contribution in [3.8, 4) is 11.4 Å². The van der Waals surface area contributed by atoms with Crippen molar-refractivity contribution >= 4 is 23.2 Å². The van der Waals surface area contributed by atoms with Gasteiger partial charge in [-0.15, -0.1) is 11.3 Å². The maximum absolute atomic E-state index is 12.9. The third-order valence-corrected chi connectivity index (χ3v) is 4.03. The number of aromatic nitrogens is 2. The van der Waals surface area contributed by atoms with E-state index in [1.807, 2.05) is 5.38 Å². The zero-order valence-corrected chi connectivity index (χ0v) is 13.7. The Labute approximate surface area is 145 Å². The Balaban J connectivity index is 1.49. The number of carbonyl (C=O) groups is 2. The predicted octanol–water partition coefficient (Wildman–Crippen LogP) is 2.10. The summed E-state index contributed by atoms with van der Waals surface area (Å²) < 4.78 is 17.8. The molecule has 0 radical (unpaired) electrons. The lowest BCUT2D eigenvalue weighted by atomic mass is 10.2. The maximum Gasteiger partial charge on any atom is 0.316 e. The van der Waals surface area contributed by atoms with Gasteiger partial charge in [-0.3, -0.25) is 9.59 Å². The summed E-state index contributed by atoms with van der Waals surface area (Å²) in [6.07, 6.45) is 0. The number of halogens is 1. The molecule has 3 aromatic rings. The van der Waals surface area contributed by atoms with Crippen molar-refractivity contribution < 1.29 is 18.5 Å². The Bertz CT molecular complexity index is 862. The highest BCUT2D eigenvalue weighted by atomic mass is 32.1. The Morgan fingerprint density at radius 3 is 2.48 bits per heavy atom. The Morgan fingerprint density at radius 2 is 1.80 bits per heavy atom. The number of rotatable bonds is 6. The van der Waals surface area contributed by atoms with Crippen LogP contribution in [0.4, 0.5) is 4.39 Å². The molecule has 0 aliphatic heterocycles. The van der Waals surface area contributed by atoms with Gasteiger partial charge in [0.15, 0.2) is 0 Å². The fourth-order valence-electron chi connectivity index (χ4n) is 1.95. The minimum atomic E-state index is -0.550. The van der Waals surface area contributed by atoms with Gasteiger partial charge in [-0.25, -0.2) is 4.39 Å². The lowest BCUT2D eigenvalue weighted by molar-refractivity contribution is 0.0899. The van der Waals surface area contributed by atoms with E-state index in [-0.39, 0.29) is 36.5 Å². The van der Waals surface area contributed by atoms with E-state index in [1.165, 1.54) is 35.6 Å². The number of amides is 2. The molecule has 2 N–H and O–H groups in total. The predicted molar refractivity (Wildman–Crippen MR) is 88.7 cm³/mol. The second-order valence-corrected chi connectivity index (χ2v) is 5.87. The van der Waals surface area contributed by atoms with Crippen molar-refractivity contribution in [3.63, 3.8) is 0 Å². The highest BCUT2D eigenvalue weighted by Gasteiger charge is 2.16. The molecule has 0 atom stereocenters. The van der Waals surface area contributed by atoms with E-state index >= 15 is 0 Å². The van der Waals surface area contributed by atoms with Crippen LogP contribution in [0.25, 0.3) is 11.4 Å². The van der Waals surface area contributed by atoms with Crippen molar-refractivity contribution in [2.45, 2.75) is 0 Å². The number of hydrogen-bond donors (Lipinski definition) is 2. The van der Waals surface area contributed by atoms with Gasteiger partial charge in [0.2, 0.25) is 5.82 Å². The van der Waals surface area contributed by atoms with Crippen LogP contribution in [0.15, 0.2) is 46.3 Å². The Hall–Kier alpha value is -3.07. The van der Waals surface area contributed by atoms with Gasteiger partial charge in [-0.05, 0) is 35.7 Å². The van der Waals surface area contributed by atoms with E-state index in [4.69, 9.17) is 4.52 Å². The minimum Gasteiger partial charge on any atom is -0.350 e. The summed E-state index contributed by atoms with van der Waals surface area (Å²) in [6, 6.07) is 9.01. The summed E-state index contributed by atoms with van der Waals surface area (Å²) in [4.78, 5) is 28.2. The molecule has 0 aliphatic rings. The van der Waals surface area contributed by atoms with Gasteiger partial charge in [0.05, 0.1) is 4.88 Å². The summed E-state index contributed by atoms with van der Waals surface area (Å²) in [7, 11) is 0. The SMILES string of the molecule is O=C(NCCNC(=O)c1cccs1)c1nc(-c2ccc(F)cc2)no1. The van der Waals surface area contributed by atoms with Gasteiger partial charge < -0.3 is 15.2 Å². The lowest BCUT2D eigenvalue weighted by Crippen LogP contribution is -2.34. The molecule has 1 aromatic carbocycles. The second kappa shape index (κ2) is 7.67. The van der Waals surface area contributed by atoms with Crippen LogP contribution in [0.1, 0.15) is 20.4 Å². The standard InChI is InChI=1S/C16H13FN4O3S/c17-11-5-3-10(4-6-11)13-20-16(24-21-13)15(23)19-8-7-18-14(22)12-2-1-9-25-12/h1-6,9H,7-8H2,(H,18,22)(H,19,23). The van der Waals surface area contributed by atoms with Crippen LogP contribution in [-0.2, 0) is 0 Å². The molecule has 3 rings (SSSR count). The van der Waals surface area contributed by atoms with Crippen LogP contribution >= 0.6 is 11.3 Å². The number of benzene rings is 1. The number of carbonyl (C=O) groups excluding carboxylic acids is 2. The normalized spacial score (nSPS) is 10.4. The van der Waals surface area contributed by atoms with E-state index in [1.54, 1.807) is 12.1 Å². The highest BCUT2D eigenvalue weighted by molar-refractivity contribution is 7.12. The maximum atomic E-state index is 12.9. The van der Waals surface area contributed by atoms with Crippen LogP contribution in [0.3, 0.4) is 0 Å². The van der Waals surface area contributed by atoms with Crippen molar-refractivity contribution in [3.05, 3.63) is 58.4 Å². The number of nitrogens with one attached hydrogen (secondary N) is 2. The summed E-state index contributed by atoms with van der Waals surface area (Å²) in [6.45, 7) is 0.478. The summed E-state index contributed by atoms with van der Waals surface area (Å²) in [5.41, 5.74) is 0.535. The number of hydrogen-bond acceptors (Lipinski definition) is 6. The van der Waals surface area contributed by atoms with Gasteiger partial charge in [-0.2, -0.15) is 4.98 Å². The Morgan fingerprint density at radius 1 is 1.08 bits per heavy atom. The van der Waals surface area contributed by atoms with Gasteiger partial charge in [0.1, 0.15) is 5.82 Å². The molecule has 0 aliphatic carbocycles. The summed E-state index contributed by atoms with van der Waals surface area (Å²) >= 11 is 1.34. The third kappa shape index (κ3) is 4.27. The van der Waals surface area contributed by atoms with Crippen molar-refractivity contribution in [2.75, 3.05) is 13.1 Å². The molecule has 9 heteroatoms. The molecule has 0 unspecified atom stereocenters. The molecule has 2 amide bonds. The zero-order valence-electron chi connectivity index (χ0n) is 12.9. The van der Waals surface area contributed by atoms with E-state index in [9.17, 15) is 14.0 Å². The summed E-state index contributed by atoms with van der Waals surface area (Å²) in [5, 5.41) is 10.7. The molecule has 0 spiro atoms. The average Bonchev–Trinajstić information content (AvgIpc) is 3.30. The summed E-state index contributed by atoms with van der Waals surface area (Å²) in [5.74, 6) is -1.14. The first kappa shape index (κ1) is 16.8. The van der Waals surface area contributed by atoms with Crippen LogP contribution in [0.2, 0.25) is 0 Å². The first-order valence-corrected chi connectivity index (χ1v) is 8.21. The van der Waals surface area contributed by atoms with E-state index in [2.05, 4.69) is 20.8 Å². The van der Waals surface area contributed by atoms with Gasteiger partial charge in [0, 0.05) is 18.7 Å². The van der Waals surface area contributed by atoms with E-state index in [0.717, 1.165) is 0 Å². The lowest BCUT2D eigenvalue weighted by Gasteiger charge is -2.04. The molecule has 2 aromatic heterocycles. The minimum absolute atomic E-state index is 0.191. The van der Waals surface area contributed by atoms with Crippen LogP contribution < -0.4 is 10.6 Å². The highest BCUT2D eigenvalue weighted by Crippen LogP contribution is 2.15. The van der Waals surface area contributed by atoms with Crippen molar-refractivity contribution in [1.82, 2.24) is 20.8 Å². The number of thiophene rings is 1. The van der Waals surface area contributed by atoms with Crippen LogP contribution in [-0.4, -0.2) is 35.0 Å². The number of nitrogens with zero attached hydrogens (tertiary/aromatic N) is 2. The molecule has 25 heavy (non-hydrogen) atoms. The second-order valence-electron chi connectivity index (χ2n) is 4.92. The van der Waals surface area contributed by atoms with E-state index < -0.39 is 5.91 Å². The molecule has 0 saturated carbocycles. The molecular weight excluding hydrogens is 347 g/mol. The fourth-order valence-corrected chi connectivity index (χ4v) is 2.59. The molecule has 2 heterocycles. The largest absolute Gasteiger partial charge is 0.350 e. The fraction of sp³-hybridized carbons (Fsp3) is 0.125. The first-order chi connectivity index (χ1) is 12.1. The average molecular weight is 360 g/mol. The molecule has 128 valence electrons. The molecule has 0 bridgehead atoms. The quantitative estimate of drug-likeness (QED) is 0.656. The van der Waals surface area contributed by atoms with Crippen molar-refractivity contribution in [2.24, 2.45) is 0 Å². The van der Waals surface area contributed by atoms with E-state index in [0.29, 0.717) is 10.4 Å². The van der Waals surface area contributed by atoms with Crippen molar-refractivity contribution in [1.29, 1.82) is 0 Å². The smallest absolute Gasteiger partial charge is 0.316 e. The van der Waals surface area contributed by atoms with Crippen LogP contribution in [0.5, 0.6) is 0 Å². The molecule has 0 fully saturated rings. The Kier molecular flexibility index (Phi) is 5.14. The van der Waals surface area contributed by atoms with Gasteiger partial charge in [-0.1, -0.05) is 11.2 Å². The zero-order chi connectivity index (χ0) is 17.6.